The van der Waals surface area contributed by atoms with Crippen LogP contribution in [0.4, 0.5) is 13.2 Å². The minimum atomic E-state index is -4.60. The maximum atomic E-state index is 13.1. The Morgan fingerprint density at radius 3 is 2.62 bits per heavy atom. The second kappa shape index (κ2) is 5.58. The Hall–Kier alpha value is -2.44. The number of aryl methyl sites for hydroxylation is 1. The van der Waals surface area contributed by atoms with E-state index in [9.17, 15) is 22.8 Å². The van der Waals surface area contributed by atoms with Crippen LogP contribution in [0.15, 0.2) is 35.1 Å². The number of ketones is 1. The van der Waals surface area contributed by atoms with Crippen molar-refractivity contribution in [2.45, 2.75) is 38.4 Å². The third kappa shape index (κ3) is 2.64. The molecule has 1 heterocycles. The molecular formula is C17H15F3N2O2. The molecule has 1 aliphatic carbocycles. The van der Waals surface area contributed by atoms with Crippen molar-refractivity contribution in [3.8, 4) is 0 Å². The van der Waals surface area contributed by atoms with E-state index in [-0.39, 0.29) is 28.9 Å². The van der Waals surface area contributed by atoms with Crippen molar-refractivity contribution in [2.24, 2.45) is 0 Å². The molecule has 0 N–H and O–H groups in total. The highest BCUT2D eigenvalue weighted by Gasteiger charge is 2.35. The summed E-state index contributed by atoms with van der Waals surface area (Å²) in [6.07, 6.45) is -3.42. The molecule has 0 spiro atoms. The van der Waals surface area contributed by atoms with Gasteiger partial charge in [-0.15, -0.1) is 0 Å². The van der Waals surface area contributed by atoms with Gasteiger partial charge in [0.15, 0.2) is 5.78 Å². The number of fused-ring (bicyclic) bond motifs is 1. The number of carbonyl (C=O) groups excluding carboxylic acids is 1. The lowest BCUT2D eigenvalue weighted by Gasteiger charge is -2.26. The molecular weight excluding hydrogens is 321 g/mol. The number of hydrogen-bond donors (Lipinski definition) is 0. The molecule has 0 amide bonds. The van der Waals surface area contributed by atoms with Crippen LogP contribution in [0.25, 0.3) is 10.9 Å². The summed E-state index contributed by atoms with van der Waals surface area (Å²) in [7, 11) is 0. The maximum absolute atomic E-state index is 13.1. The van der Waals surface area contributed by atoms with Gasteiger partial charge in [-0.05, 0) is 31.9 Å². The average Bonchev–Trinajstić information content (AvgIpc) is 2.47. The van der Waals surface area contributed by atoms with E-state index in [1.807, 2.05) is 0 Å². The SMILES string of the molecule is C=C1CCC(n2c(C)nc3c(C(F)(F)F)cccc3c2=O)C(=O)C1. The summed E-state index contributed by atoms with van der Waals surface area (Å²) >= 11 is 0. The number of halogens is 3. The standard InChI is InChI=1S/C17H15F3N2O2/c1-9-6-7-13(14(23)8-9)22-10(2)21-15-11(16(22)24)4-3-5-12(15)17(18,19)20/h3-5,13H,1,6-8H2,2H3. The quantitative estimate of drug-likeness (QED) is 0.748. The first-order valence-electron chi connectivity index (χ1n) is 7.48. The van der Waals surface area contributed by atoms with Crippen molar-refractivity contribution < 1.29 is 18.0 Å². The van der Waals surface area contributed by atoms with Gasteiger partial charge < -0.3 is 0 Å². The first-order valence-corrected chi connectivity index (χ1v) is 7.48. The fourth-order valence-corrected chi connectivity index (χ4v) is 3.15. The average molecular weight is 336 g/mol. The van der Waals surface area contributed by atoms with Gasteiger partial charge in [-0.1, -0.05) is 18.2 Å². The number of rotatable bonds is 1. The van der Waals surface area contributed by atoms with Gasteiger partial charge in [0.2, 0.25) is 0 Å². The van der Waals surface area contributed by atoms with E-state index >= 15 is 0 Å². The van der Waals surface area contributed by atoms with Gasteiger partial charge in [0.05, 0.1) is 22.5 Å². The Morgan fingerprint density at radius 2 is 2.00 bits per heavy atom. The van der Waals surface area contributed by atoms with E-state index in [1.54, 1.807) is 0 Å². The first kappa shape index (κ1) is 16.4. The monoisotopic (exact) mass is 336 g/mol. The molecule has 0 aliphatic heterocycles. The first-order chi connectivity index (χ1) is 11.2. The Labute approximate surface area is 135 Å². The number of para-hydroxylation sites is 1. The number of benzene rings is 1. The Morgan fingerprint density at radius 1 is 1.29 bits per heavy atom. The van der Waals surface area contributed by atoms with Crippen LogP contribution in [-0.2, 0) is 11.0 Å². The van der Waals surface area contributed by atoms with Gasteiger partial charge in [-0.25, -0.2) is 4.98 Å². The second-order valence-electron chi connectivity index (χ2n) is 5.98. The molecule has 1 aromatic heterocycles. The topological polar surface area (TPSA) is 52.0 Å². The predicted molar refractivity (Wildman–Crippen MR) is 82.8 cm³/mol. The number of hydrogen-bond acceptors (Lipinski definition) is 3. The Kier molecular flexibility index (Phi) is 3.81. The molecule has 4 nitrogen and oxygen atoms in total. The number of aromatic nitrogens is 2. The number of carbonyl (C=O) groups is 1. The van der Waals surface area contributed by atoms with Crippen LogP contribution in [-0.4, -0.2) is 15.3 Å². The van der Waals surface area contributed by atoms with Crippen LogP contribution in [0.3, 0.4) is 0 Å². The molecule has 1 unspecified atom stereocenters. The third-order valence-corrected chi connectivity index (χ3v) is 4.29. The maximum Gasteiger partial charge on any atom is 0.418 e. The van der Waals surface area contributed by atoms with E-state index in [0.717, 1.165) is 11.6 Å². The molecule has 7 heteroatoms. The van der Waals surface area contributed by atoms with Crippen LogP contribution >= 0.6 is 0 Å². The molecule has 24 heavy (non-hydrogen) atoms. The summed E-state index contributed by atoms with van der Waals surface area (Å²) in [5.74, 6) is -0.0559. The third-order valence-electron chi connectivity index (χ3n) is 4.29. The second-order valence-corrected chi connectivity index (χ2v) is 5.98. The summed E-state index contributed by atoms with van der Waals surface area (Å²) in [4.78, 5) is 29.0. The summed E-state index contributed by atoms with van der Waals surface area (Å²) in [5, 5.41) is -0.132. The zero-order chi connectivity index (χ0) is 17.6. The predicted octanol–water partition coefficient (Wildman–Crippen LogP) is 3.57. The Bertz CT molecular complexity index is 912. The summed E-state index contributed by atoms with van der Waals surface area (Å²) in [6.45, 7) is 5.23. The molecule has 3 rings (SSSR count). The van der Waals surface area contributed by atoms with Crippen LogP contribution in [0.5, 0.6) is 0 Å². The van der Waals surface area contributed by atoms with Crippen LogP contribution < -0.4 is 5.56 Å². The highest BCUT2D eigenvalue weighted by atomic mass is 19.4. The smallest absolute Gasteiger partial charge is 0.297 e. The van der Waals surface area contributed by atoms with Crippen LogP contribution in [0.1, 0.15) is 36.7 Å². The van der Waals surface area contributed by atoms with Crippen molar-refractivity contribution in [1.82, 2.24) is 9.55 Å². The molecule has 1 atom stereocenters. The van der Waals surface area contributed by atoms with Crippen molar-refractivity contribution in [3.05, 3.63) is 52.1 Å². The molecule has 126 valence electrons. The molecule has 1 fully saturated rings. The molecule has 1 aliphatic rings. The summed E-state index contributed by atoms with van der Waals surface area (Å²) < 4.78 is 40.6. The van der Waals surface area contributed by atoms with Gasteiger partial charge in [-0.2, -0.15) is 13.2 Å². The number of allylic oxidation sites excluding steroid dienone is 1. The van der Waals surface area contributed by atoms with Gasteiger partial charge in [0.25, 0.3) is 5.56 Å². The molecule has 1 aromatic carbocycles. The van der Waals surface area contributed by atoms with E-state index in [4.69, 9.17) is 0 Å². The lowest BCUT2D eigenvalue weighted by Crippen LogP contribution is -2.34. The highest BCUT2D eigenvalue weighted by molar-refractivity contribution is 5.87. The fraction of sp³-hybridized carbons (Fsp3) is 0.353. The van der Waals surface area contributed by atoms with E-state index in [1.165, 1.54) is 23.6 Å². The van der Waals surface area contributed by atoms with Gasteiger partial charge >= 0.3 is 6.18 Å². The lowest BCUT2D eigenvalue weighted by atomic mass is 9.90. The van der Waals surface area contributed by atoms with Crippen molar-refractivity contribution in [3.63, 3.8) is 0 Å². The fourth-order valence-electron chi connectivity index (χ4n) is 3.15. The molecule has 0 bridgehead atoms. The van der Waals surface area contributed by atoms with Crippen LogP contribution in [0, 0.1) is 6.92 Å². The number of alkyl halides is 3. The normalized spacial score (nSPS) is 19.1. The largest absolute Gasteiger partial charge is 0.418 e. The van der Waals surface area contributed by atoms with Crippen molar-refractivity contribution >= 4 is 16.7 Å². The zero-order valence-corrected chi connectivity index (χ0v) is 13.0. The summed E-state index contributed by atoms with van der Waals surface area (Å²) in [5.41, 5.74) is -1.14. The van der Waals surface area contributed by atoms with Crippen molar-refractivity contribution in [2.75, 3.05) is 0 Å². The molecule has 0 radical (unpaired) electrons. The Balaban J connectivity index is 2.24. The van der Waals surface area contributed by atoms with Crippen LogP contribution in [0.2, 0.25) is 0 Å². The van der Waals surface area contributed by atoms with Gasteiger partial charge in [0.1, 0.15) is 5.82 Å². The summed E-state index contributed by atoms with van der Waals surface area (Å²) in [6, 6.07) is 2.68. The molecule has 0 saturated heterocycles. The van der Waals surface area contributed by atoms with E-state index in [0.29, 0.717) is 12.8 Å². The van der Waals surface area contributed by atoms with Crippen molar-refractivity contribution in [1.29, 1.82) is 0 Å². The van der Waals surface area contributed by atoms with Gasteiger partial charge in [0, 0.05) is 6.42 Å². The molecule has 2 aromatic rings. The molecule has 1 saturated carbocycles. The zero-order valence-electron chi connectivity index (χ0n) is 13.0. The lowest BCUT2D eigenvalue weighted by molar-refractivity contribution is -0.136. The minimum Gasteiger partial charge on any atom is -0.297 e. The number of nitrogens with zero attached hydrogens (tertiary/aromatic N) is 2. The van der Waals surface area contributed by atoms with E-state index in [2.05, 4.69) is 11.6 Å². The van der Waals surface area contributed by atoms with Gasteiger partial charge in [-0.3, -0.25) is 14.2 Å². The van der Waals surface area contributed by atoms with E-state index < -0.39 is 23.3 Å². The minimum absolute atomic E-state index is 0.107. The highest BCUT2D eigenvalue weighted by Crippen LogP contribution is 2.34. The number of Topliss-reactive ketones (excluding diaryl/α,β-unsaturated/α-hetero) is 1.